The predicted molar refractivity (Wildman–Crippen MR) is 96.3 cm³/mol. The summed E-state index contributed by atoms with van der Waals surface area (Å²) in [5.41, 5.74) is 1.90. The van der Waals surface area contributed by atoms with E-state index < -0.39 is 6.10 Å². The molecule has 1 aromatic carbocycles. The molecule has 0 unspecified atom stereocenters. The van der Waals surface area contributed by atoms with Gasteiger partial charge >= 0.3 is 6.03 Å². The first-order chi connectivity index (χ1) is 12.1. The Hall–Kier alpha value is -2.08. The highest BCUT2D eigenvalue weighted by atomic mass is 16.3. The largest absolute Gasteiger partial charge is 0.391 e. The van der Waals surface area contributed by atoms with Crippen LogP contribution in [-0.2, 0) is 11.3 Å². The molecule has 1 saturated heterocycles. The zero-order chi connectivity index (χ0) is 17.6. The Kier molecular flexibility index (Phi) is 5.91. The van der Waals surface area contributed by atoms with Gasteiger partial charge in [-0.3, -0.25) is 4.79 Å². The smallest absolute Gasteiger partial charge is 0.315 e. The molecule has 1 aromatic rings. The Labute approximate surface area is 148 Å². The first-order valence-electron chi connectivity index (χ1n) is 9.25. The molecule has 25 heavy (non-hydrogen) atoms. The van der Waals surface area contributed by atoms with Crippen LogP contribution in [0.25, 0.3) is 0 Å². The molecule has 3 amide bonds. The zero-order valence-electron chi connectivity index (χ0n) is 14.5. The van der Waals surface area contributed by atoms with Crippen molar-refractivity contribution in [2.24, 2.45) is 0 Å². The van der Waals surface area contributed by atoms with E-state index in [2.05, 4.69) is 10.6 Å². The highest BCUT2D eigenvalue weighted by Crippen LogP contribution is 2.21. The fourth-order valence-corrected chi connectivity index (χ4v) is 3.55. The van der Waals surface area contributed by atoms with Crippen LogP contribution in [0.1, 0.15) is 50.5 Å². The third kappa shape index (κ3) is 4.72. The molecule has 6 heteroatoms. The van der Waals surface area contributed by atoms with Crippen LogP contribution in [0.3, 0.4) is 0 Å². The number of aliphatic hydroxyl groups is 1. The average Bonchev–Trinajstić information content (AvgIpc) is 2.63. The molecular formula is C19H27N3O3. The van der Waals surface area contributed by atoms with Gasteiger partial charge in [-0.25, -0.2) is 4.79 Å². The average molecular weight is 345 g/mol. The number of carbonyl (C=O) groups is 2. The summed E-state index contributed by atoms with van der Waals surface area (Å²) in [7, 11) is 0. The van der Waals surface area contributed by atoms with Crippen LogP contribution >= 0.6 is 0 Å². The molecule has 2 atom stereocenters. The number of nitrogens with one attached hydrogen (secondary N) is 2. The van der Waals surface area contributed by atoms with Crippen molar-refractivity contribution in [1.29, 1.82) is 0 Å². The Morgan fingerprint density at radius 2 is 1.88 bits per heavy atom. The van der Waals surface area contributed by atoms with Crippen molar-refractivity contribution in [3.05, 3.63) is 29.8 Å². The second-order valence-electron chi connectivity index (χ2n) is 6.95. The van der Waals surface area contributed by atoms with Gasteiger partial charge in [0.1, 0.15) is 0 Å². The Bertz CT molecular complexity index is 602. The molecule has 2 aliphatic rings. The van der Waals surface area contributed by atoms with E-state index in [0.717, 1.165) is 56.3 Å². The van der Waals surface area contributed by atoms with Gasteiger partial charge in [0.15, 0.2) is 0 Å². The van der Waals surface area contributed by atoms with Crippen molar-refractivity contribution in [1.82, 2.24) is 10.6 Å². The molecule has 0 radical (unpaired) electrons. The third-order valence-corrected chi connectivity index (χ3v) is 5.07. The van der Waals surface area contributed by atoms with Crippen molar-refractivity contribution in [2.45, 2.75) is 63.6 Å². The Morgan fingerprint density at radius 3 is 2.60 bits per heavy atom. The molecule has 3 N–H and O–H groups in total. The van der Waals surface area contributed by atoms with Crippen molar-refractivity contribution in [3.8, 4) is 0 Å². The topological polar surface area (TPSA) is 81.7 Å². The summed E-state index contributed by atoms with van der Waals surface area (Å²) in [6.07, 6.45) is 5.84. The molecule has 3 rings (SSSR count). The number of aliphatic hydroxyl groups excluding tert-OH is 1. The lowest BCUT2D eigenvalue weighted by Crippen LogP contribution is -2.48. The van der Waals surface area contributed by atoms with Crippen LogP contribution in [0, 0.1) is 0 Å². The van der Waals surface area contributed by atoms with Crippen LogP contribution < -0.4 is 15.5 Å². The van der Waals surface area contributed by atoms with Gasteiger partial charge in [0, 0.05) is 25.2 Å². The molecule has 1 aliphatic carbocycles. The molecule has 1 saturated carbocycles. The van der Waals surface area contributed by atoms with Gasteiger partial charge in [0.25, 0.3) is 0 Å². The van der Waals surface area contributed by atoms with Crippen LogP contribution in [0.2, 0.25) is 0 Å². The Balaban J connectivity index is 1.48. The summed E-state index contributed by atoms with van der Waals surface area (Å²) in [5, 5.41) is 15.6. The van der Waals surface area contributed by atoms with Crippen molar-refractivity contribution in [2.75, 3.05) is 11.4 Å². The molecule has 0 aromatic heterocycles. The van der Waals surface area contributed by atoms with Gasteiger partial charge in [-0.15, -0.1) is 0 Å². The molecule has 6 nitrogen and oxygen atoms in total. The van der Waals surface area contributed by atoms with Crippen molar-refractivity contribution < 1.29 is 14.7 Å². The number of carbonyl (C=O) groups excluding carboxylic acids is 2. The predicted octanol–water partition coefficient (Wildman–Crippen LogP) is 2.31. The van der Waals surface area contributed by atoms with E-state index >= 15 is 0 Å². The molecule has 1 aliphatic heterocycles. The highest BCUT2D eigenvalue weighted by Gasteiger charge is 2.24. The standard InChI is InChI=1S/C19H27N3O3/c23-17-6-2-1-5-16(17)21-19(25)20-13-14-8-10-15(11-9-14)22-12-4-3-7-18(22)24/h8-11,16-17,23H,1-7,12-13H2,(H2,20,21,25)/t16-,17+/m0/s1. The second-order valence-corrected chi connectivity index (χ2v) is 6.95. The van der Waals surface area contributed by atoms with E-state index in [4.69, 9.17) is 0 Å². The van der Waals surface area contributed by atoms with E-state index in [1.54, 1.807) is 0 Å². The minimum atomic E-state index is -0.444. The number of anilines is 1. The number of amides is 3. The van der Waals surface area contributed by atoms with E-state index in [1.165, 1.54) is 0 Å². The number of piperidine rings is 1. The number of benzene rings is 1. The maximum atomic E-state index is 12.0. The number of hydrogen-bond donors (Lipinski definition) is 3. The van der Waals surface area contributed by atoms with Crippen LogP contribution in [0.5, 0.6) is 0 Å². The second kappa shape index (κ2) is 8.34. The molecule has 1 heterocycles. The summed E-state index contributed by atoms with van der Waals surface area (Å²) in [6, 6.07) is 7.34. The monoisotopic (exact) mass is 345 g/mol. The van der Waals surface area contributed by atoms with Gasteiger partial charge in [0.05, 0.1) is 12.1 Å². The minimum absolute atomic E-state index is 0.152. The van der Waals surface area contributed by atoms with Crippen LogP contribution in [0.4, 0.5) is 10.5 Å². The molecule has 0 bridgehead atoms. The maximum absolute atomic E-state index is 12.0. The third-order valence-electron chi connectivity index (χ3n) is 5.07. The normalized spacial score (nSPS) is 24.0. The fourth-order valence-electron chi connectivity index (χ4n) is 3.55. The quantitative estimate of drug-likeness (QED) is 0.783. The zero-order valence-corrected chi connectivity index (χ0v) is 14.5. The summed E-state index contributed by atoms with van der Waals surface area (Å²) in [6.45, 7) is 1.20. The number of hydrogen-bond acceptors (Lipinski definition) is 3. The van der Waals surface area contributed by atoms with Crippen LogP contribution in [-0.4, -0.2) is 35.7 Å². The van der Waals surface area contributed by atoms with E-state index in [9.17, 15) is 14.7 Å². The van der Waals surface area contributed by atoms with Gasteiger partial charge in [-0.05, 0) is 43.4 Å². The molecule has 2 fully saturated rings. The van der Waals surface area contributed by atoms with Crippen molar-refractivity contribution >= 4 is 17.6 Å². The maximum Gasteiger partial charge on any atom is 0.315 e. The molecule has 0 spiro atoms. The van der Waals surface area contributed by atoms with Crippen molar-refractivity contribution in [3.63, 3.8) is 0 Å². The van der Waals surface area contributed by atoms with E-state index in [1.807, 2.05) is 29.2 Å². The van der Waals surface area contributed by atoms with E-state index in [-0.39, 0.29) is 18.0 Å². The lowest BCUT2D eigenvalue weighted by Gasteiger charge is -2.28. The van der Waals surface area contributed by atoms with Gasteiger partial charge in [-0.2, -0.15) is 0 Å². The molecular weight excluding hydrogens is 318 g/mol. The molecule has 136 valence electrons. The minimum Gasteiger partial charge on any atom is -0.391 e. The summed E-state index contributed by atoms with van der Waals surface area (Å²) >= 11 is 0. The number of nitrogens with zero attached hydrogens (tertiary/aromatic N) is 1. The fraction of sp³-hybridized carbons (Fsp3) is 0.579. The lowest BCUT2D eigenvalue weighted by molar-refractivity contribution is -0.119. The SMILES string of the molecule is O=C(NCc1ccc(N2CCCCC2=O)cc1)N[C@H]1CCCC[C@H]1O. The summed E-state index contributed by atoms with van der Waals surface area (Å²) in [5.74, 6) is 0.183. The first-order valence-corrected chi connectivity index (χ1v) is 9.25. The first kappa shape index (κ1) is 17.7. The summed E-state index contributed by atoms with van der Waals surface area (Å²) in [4.78, 5) is 25.8. The van der Waals surface area contributed by atoms with Gasteiger partial charge in [0.2, 0.25) is 5.91 Å². The lowest BCUT2D eigenvalue weighted by atomic mass is 9.93. The van der Waals surface area contributed by atoms with Crippen LogP contribution in [0.15, 0.2) is 24.3 Å². The number of rotatable bonds is 4. The Morgan fingerprint density at radius 1 is 1.12 bits per heavy atom. The van der Waals surface area contributed by atoms with Gasteiger partial charge < -0.3 is 20.6 Å². The van der Waals surface area contributed by atoms with E-state index in [0.29, 0.717) is 13.0 Å². The van der Waals surface area contributed by atoms with Gasteiger partial charge in [-0.1, -0.05) is 25.0 Å². The summed E-state index contributed by atoms with van der Waals surface area (Å²) < 4.78 is 0. The number of urea groups is 1. The highest BCUT2D eigenvalue weighted by molar-refractivity contribution is 5.93.